The molecule has 0 aliphatic rings. The Morgan fingerprint density at radius 2 is 1.87 bits per heavy atom. The molecule has 0 fully saturated rings. The van der Waals surface area contributed by atoms with E-state index in [0.29, 0.717) is 23.6 Å². The van der Waals surface area contributed by atoms with Crippen molar-refractivity contribution in [2.45, 2.75) is 6.92 Å². The summed E-state index contributed by atoms with van der Waals surface area (Å²) >= 11 is 0. The van der Waals surface area contributed by atoms with Gasteiger partial charge in [-0.3, -0.25) is 9.89 Å². The smallest absolute Gasteiger partial charge is 0.338 e. The van der Waals surface area contributed by atoms with E-state index >= 15 is 0 Å². The summed E-state index contributed by atoms with van der Waals surface area (Å²) in [6.45, 7) is 2.07. The van der Waals surface area contributed by atoms with E-state index in [1.54, 1.807) is 31.2 Å². The zero-order valence-electron chi connectivity index (χ0n) is 12.5. The minimum absolute atomic E-state index is 0.314. The van der Waals surface area contributed by atoms with Gasteiger partial charge in [-0.15, -0.1) is 0 Å². The molecule has 0 bridgehead atoms. The summed E-state index contributed by atoms with van der Waals surface area (Å²) in [5.41, 5.74) is 2.15. The molecule has 116 valence electrons. The van der Waals surface area contributed by atoms with E-state index in [2.05, 4.69) is 15.5 Å². The number of fused-ring (bicyclic) bond motifs is 1. The Bertz CT molecular complexity index is 853. The van der Waals surface area contributed by atoms with Crippen LogP contribution < -0.4 is 5.32 Å². The molecule has 6 nitrogen and oxygen atoms in total. The number of carbonyl (C=O) groups is 2. The van der Waals surface area contributed by atoms with Gasteiger partial charge in [-0.25, -0.2) is 4.79 Å². The van der Waals surface area contributed by atoms with Crippen molar-refractivity contribution in [3.63, 3.8) is 0 Å². The maximum absolute atomic E-state index is 12.3. The van der Waals surface area contributed by atoms with Crippen LogP contribution >= 0.6 is 0 Å². The molecule has 0 unspecified atom stereocenters. The number of nitrogens with zero attached hydrogens (tertiary/aromatic N) is 1. The maximum Gasteiger partial charge on any atom is 0.338 e. The first-order valence-electron chi connectivity index (χ1n) is 7.20. The Hall–Kier alpha value is -3.15. The predicted molar refractivity (Wildman–Crippen MR) is 86.4 cm³/mol. The highest BCUT2D eigenvalue weighted by atomic mass is 16.5. The number of rotatable bonds is 4. The van der Waals surface area contributed by atoms with Gasteiger partial charge in [-0.05, 0) is 37.3 Å². The van der Waals surface area contributed by atoms with Gasteiger partial charge in [0.1, 0.15) is 0 Å². The minimum Gasteiger partial charge on any atom is -0.462 e. The summed E-state index contributed by atoms with van der Waals surface area (Å²) in [4.78, 5) is 23.9. The fraction of sp³-hybridized carbons (Fsp3) is 0.118. The van der Waals surface area contributed by atoms with Crippen molar-refractivity contribution < 1.29 is 14.3 Å². The van der Waals surface area contributed by atoms with Crippen LogP contribution in [0.5, 0.6) is 0 Å². The molecule has 0 saturated carbocycles. The number of nitrogens with one attached hydrogen (secondary N) is 2. The fourth-order valence-electron chi connectivity index (χ4n) is 2.23. The molecule has 0 saturated heterocycles. The SMILES string of the molecule is CCOC(=O)c1ccc(NC(=O)c2n[nH]c3ccccc23)cc1. The molecule has 0 radical (unpaired) electrons. The van der Waals surface area contributed by atoms with Gasteiger partial charge >= 0.3 is 5.97 Å². The average Bonchev–Trinajstić information content (AvgIpc) is 3.00. The van der Waals surface area contributed by atoms with Gasteiger partial charge in [0.25, 0.3) is 5.91 Å². The van der Waals surface area contributed by atoms with Gasteiger partial charge in [0.2, 0.25) is 0 Å². The van der Waals surface area contributed by atoms with Crippen molar-refractivity contribution in [2.24, 2.45) is 0 Å². The van der Waals surface area contributed by atoms with Gasteiger partial charge in [0.15, 0.2) is 5.69 Å². The van der Waals surface area contributed by atoms with Crippen LogP contribution in [0.3, 0.4) is 0 Å². The van der Waals surface area contributed by atoms with E-state index in [0.717, 1.165) is 10.9 Å². The lowest BCUT2D eigenvalue weighted by atomic mass is 10.2. The molecule has 2 N–H and O–H groups in total. The molecule has 3 rings (SSSR count). The van der Waals surface area contributed by atoms with Crippen LogP contribution in [0.1, 0.15) is 27.8 Å². The van der Waals surface area contributed by atoms with Crippen LogP contribution in [0.15, 0.2) is 48.5 Å². The number of H-pyrrole nitrogens is 1. The van der Waals surface area contributed by atoms with E-state index < -0.39 is 0 Å². The molecule has 23 heavy (non-hydrogen) atoms. The average molecular weight is 309 g/mol. The number of ether oxygens (including phenoxy) is 1. The van der Waals surface area contributed by atoms with Gasteiger partial charge in [0, 0.05) is 11.1 Å². The summed E-state index contributed by atoms with van der Waals surface area (Å²) in [6, 6.07) is 13.9. The Balaban J connectivity index is 1.76. The maximum atomic E-state index is 12.3. The van der Waals surface area contributed by atoms with Crippen LogP contribution in [0.4, 0.5) is 5.69 Å². The second-order valence-electron chi connectivity index (χ2n) is 4.87. The number of carbonyl (C=O) groups excluding carboxylic acids is 2. The van der Waals surface area contributed by atoms with Gasteiger partial charge in [-0.2, -0.15) is 5.10 Å². The predicted octanol–water partition coefficient (Wildman–Crippen LogP) is 2.99. The van der Waals surface area contributed by atoms with Crippen molar-refractivity contribution in [3.05, 3.63) is 59.8 Å². The summed E-state index contributed by atoms with van der Waals surface area (Å²) in [5, 5.41) is 10.4. The molecule has 2 aromatic carbocycles. The molecule has 0 atom stereocenters. The molecule has 6 heteroatoms. The topological polar surface area (TPSA) is 84.1 Å². The normalized spacial score (nSPS) is 10.5. The zero-order chi connectivity index (χ0) is 16.2. The lowest BCUT2D eigenvalue weighted by Crippen LogP contribution is -2.13. The van der Waals surface area contributed by atoms with E-state index in [9.17, 15) is 9.59 Å². The lowest BCUT2D eigenvalue weighted by Gasteiger charge is -2.05. The lowest BCUT2D eigenvalue weighted by molar-refractivity contribution is 0.0526. The summed E-state index contributed by atoms with van der Waals surface area (Å²) < 4.78 is 4.92. The fourth-order valence-corrected chi connectivity index (χ4v) is 2.23. The number of esters is 1. The van der Waals surface area contributed by atoms with Crippen LogP contribution in [-0.2, 0) is 4.74 Å². The number of benzene rings is 2. The standard InChI is InChI=1S/C17H15N3O3/c1-2-23-17(22)11-7-9-12(10-8-11)18-16(21)15-13-5-3-4-6-14(13)19-20-15/h3-10H,2H2,1H3,(H,18,21)(H,19,20). The van der Waals surface area contributed by atoms with Gasteiger partial charge < -0.3 is 10.1 Å². The third kappa shape index (κ3) is 3.06. The molecule has 0 aliphatic carbocycles. The number of hydrogen-bond acceptors (Lipinski definition) is 4. The van der Waals surface area contributed by atoms with Crippen LogP contribution in [0.2, 0.25) is 0 Å². The van der Waals surface area contributed by atoms with Crippen molar-refractivity contribution in [1.29, 1.82) is 0 Å². The first-order chi connectivity index (χ1) is 11.2. The summed E-state index contributed by atoms with van der Waals surface area (Å²) in [5.74, 6) is -0.699. The molecule has 0 aliphatic heterocycles. The van der Waals surface area contributed by atoms with Crippen molar-refractivity contribution in [2.75, 3.05) is 11.9 Å². The molecular weight excluding hydrogens is 294 g/mol. The van der Waals surface area contributed by atoms with Crippen LogP contribution in [0, 0.1) is 0 Å². The highest BCUT2D eigenvalue weighted by Crippen LogP contribution is 2.17. The first-order valence-corrected chi connectivity index (χ1v) is 7.20. The Labute approximate surface area is 132 Å². The third-order valence-electron chi connectivity index (χ3n) is 3.34. The highest BCUT2D eigenvalue weighted by Gasteiger charge is 2.14. The largest absolute Gasteiger partial charge is 0.462 e. The Morgan fingerprint density at radius 1 is 1.13 bits per heavy atom. The van der Waals surface area contributed by atoms with Crippen molar-refractivity contribution in [1.82, 2.24) is 10.2 Å². The Morgan fingerprint density at radius 3 is 2.61 bits per heavy atom. The zero-order valence-corrected chi connectivity index (χ0v) is 12.5. The van der Waals surface area contributed by atoms with E-state index in [1.165, 1.54) is 0 Å². The van der Waals surface area contributed by atoms with E-state index in [-0.39, 0.29) is 11.9 Å². The monoisotopic (exact) mass is 309 g/mol. The number of anilines is 1. The third-order valence-corrected chi connectivity index (χ3v) is 3.34. The molecule has 3 aromatic rings. The number of hydrogen-bond donors (Lipinski definition) is 2. The quantitative estimate of drug-likeness (QED) is 0.726. The molecule has 1 heterocycles. The van der Waals surface area contributed by atoms with Crippen LogP contribution in [-0.4, -0.2) is 28.7 Å². The number of para-hydroxylation sites is 1. The van der Waals surface area contributed by atoms with Gasteiger partial charge in [0.05, 0.1) is 17.7 Å². The molecule has 1 aromatic heterocycles. The second kappa shape index (κ2) is 6.31. The first kappa shape index (κ1) is 14.8. The van der Waals surface area contributed by atoms with Crippen LogP contribution in [0.25, 0.3) is 10.9 Å². The molecule has 0 spiro atoms. The number of aromatic nitrogens is 2. The molecular formula is C17H15N3O3. The Kier molecular flexibility index (Phi) is 4.05. The minimum atomic E-state index is -0.385. The van der Waals surface area contributed by atoms with E-state index in [1.807, 2.05) is 24.3 Å². The second-order valence-corrected chi connectivity index (χ2v) is 4.87. The summed E-state index contributed by atoms with van der Waals surface area (Å²) in [6.07, 6.45) is 0. The van der Waals surface area contributed by atoms with E-state index in [4.69, 9.17) is 4.74 Å². The number of aromatic amines is 1. The van der Waals surface area contributed by atoms with Crippen molar-refractivity contribution >= 4 is 28.5 Å². The van der Waals surface area contributed by atoms with Crippen molar-refractivity contribution in [3.8, 4) is 0 Å². The number of amides is 1. The van der Waals surface area contributed by atoms with Gasteiger partial charge in [-0.1, -0.05) is 18.2 Å². The molecule has 1 amide bonds. The summed E-state index contributed by atoms with van der Waals surface area (Å²) in [7, 11) is 0. The highest BCUT2D eigenvalue weighted by molar-refractivity contribution is 6.11.